The van der Waals surface area contributed by atoms with Gasteiger partial charge in [0.05, 0.1) is 13.7 Å². The Balaban J connectivity index is 2.10. The summed E-state index contributed by atoms with van der Waals surface area (Å²) < 4.78 is 35.0. The van der Waals surface area contributed by atoms with Crippen LogP contribution in [0.2, 0.25) is 0 Å². The summed E-state index contributed by atoms with van der Waals surface area (Å²) in [4.78, 5) is 17.8. The number of hydrogen-bond donors (Lipinski definition) is 2. The van der Waals surface area contributed by atoms with Crippen molar-refractivity contribution in [3.05, 3.63) is 23.8 Å². The Hall–Kier alpha value is -2.58. The van der Waals surface area contributed by atoms with E-state index >= 15 is 0 Å². The van der Waals surface area contributed by atoms with Crippen LogP contribution in [0.4, 0.5) is 8.78 Å². The number of aliphatic imine (C=N–C) groups is 1. The zero-order valence-electron chi connectivity index (χ0n) is 15.8. The van der Waals surface area contributed by atoms with Gasteiger partial charge in [0, 0.05) is 44.2 Å². The van der Waals surface area contributed by atoms with Crippen molar-refractivity contribution in [1.29, 1.82) is 0 Å². The molecule has 1 unspecified atom stereocenters. The van der Waals surface area contributed by atoms with Gasteiger partial charge in [-0.2, -0.15) is 8.78 Å². The first-order chi connectivity index (χ1) is 12.9. The SMILES string of the molecule is CCNC(=NCc1ccc(OC)cc1OC(F)F)NC1CCC(=O)N(C)C1. The summed E-state index contributed by atoms with van der Waals surface area (Å²) >= 11 is 0. The third kappa shape index (κ3) is 6.26. The number of likely N-dealkylation sites (N-methyl/N-ethyl adjacent to an activating group) is 1. The molecule has 1 fully saturated rings. The lowest BCUT2D eigenvalue weighted by molar-refractivity contribution is -0.132. The third-order valence-corrected chi connectivity index (χ3v) is 4.21. The van der Waals surface area contributed by atoms with Crippen LogP contribution in [0.1, 0.15) is 25.3 Å². The number of guanidine groups is 1. The lowest BCUT2D eigenvalue weighted by atomic mass is 10.1. The summed E-state index contributed by atoms with van der Waals surface area (Å²) in [6.07, 6.45) is 1.20. The third-order valence-electron chi connectivity index (χ3n) is 4.21. The highest BCUT2D eigenvalue weighted by molar-refractivity contribution is 5.81. The lowest BCUT2D eigenvalue weighted by Gasteiger charge is -2.31. The van der Waals surface area contributed by atoms with Crippen LogP contribution in [-0.4, -0.2) is 56.7 Å². The fourth-order valence-corrected chi connectivity index (χ4v) is 2.81. The highest BCUT2D eigenvalue weighted by atomic mass is 19.3. The standard InChI is InChI=1S/C18H26F2N4O3/c1-4-21-18(23-13-6-8-16(25)24(2)11-13)22-10-12-5-7-14(26-3)9-15(12)27-17(19)20/h5,7,9,13,17H,4,6,8,10-11H2,1-3H3,(H2,21,22,23). The predicted molar refractivity (Wildman–Crippen MR) is 98.2 cm³/mol. The van der Waals surface area contributed by atoms with Crippen molar-refractivity contribution in [2.45, 2.75) is 39.0 Å². The Labute approximate surface area is 157 Å². The van der Waals surface area contributed by atoms with Crippen LogP contribution in [0.5, 0.6) is 11.5 Å². The summed E-state index contributed by atoms with van der Waals surface area (Å²) in [5, 5.41) is 6.42. The van der Waals surface area contributed by atoms with E-state index in [0.29, 0.717) is 36.8 Å². The summed E-state index contributed by atoms with van der Waals surface area (Å²) in [6.45, 7) is 0.401. The number of alkyl halides is 2. The number of likely N-dealkylation sites (tertiary alicyclic amines) is 1. The van der Waals surface area contributed by atoms with Crippen LogP contribution in [0, 0.1) is 0 Å². The van der Waals surface area contributed by atoms with E-state index in [1.807, 2.05) is 6.92 Å². The van der Waals surface area contributed by atoms with Gasteiger partial charge in [0.15, 0.2) is 5.96 Å². The Morgan fingerprint density at radius 1 is 1.44 bits per heavy atom. The Morgan fingerprint density at radius 2 is 2.22 bits per heavy atom. The van der Waals surface area contributed by atoms with E-state index in [4.69, 9.17) is 4.74 Å². The number of hydrogen-bond acceptors (Lipinski definition) is 4. The molecule has 1 aliphatic rings. The molecule has 1 saturated heterocycles. The Kier molecular flexibility index (Phi) is 7.63. The number of rotatable bonds is 7. The molecule has 0 bridgehead atoms. The van der Waals surface area contributed by atoms with E-state index < -0.39 is 6.61 Å². The van der Waals surface area contributed by atoms with Gasteiger partial charge in [-0.05, 0) is 25.5 Å². The molecule has 1 aromatic rings. The molecular weight excluding hydrogens is 358 g/mol. The molecule has 9 heteroatoms. The summed E-state index contributed by atoms with van der Waals surface area (Å²) in [5.74, 6) is 1.15. The maximum absolute atomic E-state index is 12.7. The molecule has 1 amide bonds. The first-order valence-electron chi connectivity index (χ1n) is 8.83. The number of ether oxygens (including phenoxy) is 2. The fourth-order valence-electron chi connectivity index (χ4n) is 2.81. The zero-order valence-corrected chi connectivity index (χ0v) is 15.8. The van der Waals surface area contributed by atoms with Crippen LogP contribution >= 0.6 is 0 Å². The minimum Gasteiger partial charge on any atom is -0.497 e. The van der Waals surface area contributed by atoms with E-state index in [1.54, 1.807) is 24.1 Å². The topological polar surface area (TPSA) is 75.2 Å². The monoisotopic (exact) mass is 384 g/mol. The number of carbonyl (C=O) groups excluding carboxylic acids is 1. The second kappa shape index (κ2) is 9.94. The average molecular weight is 384 g/mol. The first-order valence-corrected chi connectivity index (χ1v) is 8.83. The molecule has 0 aliphatic carbocycles. The Bertz CT molecular complexity index is 670. The quantitative estimate of drug-likeness (QED) is 0.555. The van der Waals surface area contributed by atoms with Gasteiger partial charge in [0.1, 0.15) is 11.5 Å². The minimum atomic E-state index is -2.93. The summed E-state index contributed by atoms with van der Waals surface area (Å²) in [6, 6.07) is 4.82. The molecule has 150 valence electrons. The van der Waals surface area contributed by atoms with Gasteiger partial charge in [-0.25, -0.2) is 4.99 Å². The maximum Gasteiger partial charge on any atom is 0.387 e. The van der Waals surface area contributed by atoms with Gasteiger partial charge < -0.3 is 25.0 Å². The summed E-state index contributed by atoms with van der Waals surface area (Å²) in [5.41, 5.74) is 0.518. The molecule has 0 radical (unpaired) electrons. The molecule has 1 aliphatic heterocycles. The number of nitrogens with one attached hydrogen (secondary N) is 2. The van der Waals surface area contributed by atoms with E-state index in [-0.39, 0.29) is 24.2 Å². The first kappa shape index (κ1) is 20.7. The largest absolute Gasteiger partial charge is 0.497 e. The van der Waals surface area contributed by atoms with Crippen molar-refractivity contribution < 1.29 is 23.0 Å². The number of nitrogens with zero attached hydrogens (tertiary/aromatic N) is 2. The van der Waals surface area contributed by atoms with Gasteiger partial charge in [-0.15, -0.1) is 0 Å². The number of carbonyl (C=O) groups is 1. The highest BCUT2D eigenvalue weighted by Gasteiger charge is 2.23. The van der Waals surface area contributed by atoms with E-state index in [1.165, 1.54) is 13.2 Å². The summed E-state index contributed by atoms with van der Waals surface area (Å²) in [7, 11) is 3.23. The number of benzene rings is 1. The van der Waals surface area contributed by atoms with Crippen molar-refractivity contribution in [3.63, 3.8) is 0 Å². The number of amides is 1. The maximum atomic E-state index is 12.7. The van der Waals surface area contributed by atoms with Crippen molar-refractivity contribution >= 4 is 11.9 Å². The van der Waals surface area contributed by atoms with E-state index in [9.17, 15) is 13.6 Å². The molecule has 7 nitrogen and oxygen atoms in total. The molecule has 1 atom stereocenters. The molecule has 27 heavy (non-hydrogen) atoms. The van der Waals surface area contributed by atoms with Gasteiger partial charge in [0.25, 0.3) is 0 Å². The predicted octanol–water partition coefficient (Wildman–Crippen LogP) is 1.97. The number of halogens is 2. The van der Waals surface area contributed by atoms with E-state index in [2.05, 4.69) is 20.4 Å². The highest BCUT2D eigenvalue weighted by Crippen LogP contribution is 2.27. The van der Waals surface area contributed by atoms with Crippen LogP contribution in [0.3, 0.4) is 0 Å². The normalized spacial score (nSPS) is 17.9. The second-order valence-corrected chi connectivity index (χ2v) is 6.20. The van der Waals surface area contributed by atoms with Crippen molar-refractivity contribution in [2.75, 3.05) is 27.2 Å². The average Bonchev–Trinajstić information content (AvgIpc) is 2.63. The Morgan fingerprint density at radius 3 is 2.85 bits per heavy atom. The molecular formula is C18H26F2N4O3. The minimum absolute atomic E-state index is 0.0342. The molecule has 2 N–H and O–H groups in total. The van der Waals surface area contributed by atoms with Gasteiger partial charge in [-0.3, -0.25) is 4.79 Å². The molecule has 0 spiro atoms. The van der Waals surface area contributed by atoms with Crippen molar-refractivity contribution in [1.82, 2.24) is 15.5 Å². The fraction of sp³-hybridized carbons (Fsp3) is 0.556. The van der Waals surface area contributed by atoms with Crippen molar-refractivity contribution in [3.8, 4) is 11.5 Å². The van der Waals surface area contributed by atoms with Gasteiger partial charge in [-0.1, -0.05) is 0 Å². The molecule has 0 aromatic heterocycles. The van der Waals surface area contributed by atoms with Crippen LogP contribution in [0.25, 0.3) is 0 Å². The molecule has 1 heterocycles. The van der Waals surface area contributed by atoms with Crippen LogP contribution in [-0.2, 0) is 11.3 Å². The van der Waals surface area contributed by atoms with Gasteiger partial charge >= 0.3 is 6.61 Å². The number of piperidine rings is 1. The second-order valence-electron chi connectivity index (χ2n) is 6.20. The number of methoxy groups -OCH3 is 1. The van der Waals surface area contributed by atoms with E-state index in [0.717, 1.165) is 6.42 Å². The van der Waals surface area contributed by atoms with Crippen LogP contribution < -0.4 is 20.1 Å². The molecule has 0 saturated carbocycles. The van der Waals surface area contributed by atoms with Gasteiger partial charge in [0.2, 0.25) is 5.91 Å². The zero-order chi connectivity index (χ0) is 19.8. The van der Waals surface area contributed by atoms with Crippen molar-refractivity contribution in [2.24, 2.45) is 4.99 Å². The molecule has 2 rings (SSSR count). The lowest BCUT2D eigenvalue weighted by Crippen LogP contribution is -2.51. The molecule has 1 aromatic carbocycles. The smallest absolute Gasteiger partial charge is 0.387 e. The van der Waals surface area contributed by atoms with Crippen LogP contribution in [0.15, 0.2) is 23.2 Å².